The smallest absolute Gasteiger partial charge is 0.203 e. The molecule has 1 aliphatic heterocycles. The fourth-order valence-electron chi connectivity index (χ4n) is 4.95. The second kappa shape index (κ2) is 9.95. The summed E-state index contributed by atoms with van der Waals surface area (Å²) in [4.78, 5) is 13.8. The van der Waals surface area contributed by atoms with Gasteiger partial charge in [0.05, 0.1) is 36.3 Å². The van der Waals surface area contributed by atoms with Crippen LogP contribution in [0.5, 0.6) is 5.75 Å². The van der Waals surface area contributed by atoms with Crippen molar-refractivity contribution in [2.75, 3.05) is 13.7 Å². The average molecular weight is 565 g/mol. The number of nitrogens with one attached hydrogen (secondary N) is 1. The number of para-hydroxylation sites is 2. The molecule has 1 aromatic heterocycles. The van der Waals surface area contributed by atoms with Crippen molar-refractivity contribution in [3.63, 3.8) is 0 Å². The number of ether oxygens (including phenoxy) is 2. The van der Waals surface area contributed by atoms with Crippen LogP contribution in [0.15, 0.2) is 66.7 Å². The van der Waals surface area contributed by atoms with Gasteiger partial charge >= 0.3 is 0 Å². The van der Waals surface area contributed by atoms with E-state index in [1.807, 2.05) is 73.0 Å². The molecular formula is C30H34BrN3O3. The molecule has 0 saturated carbocycles. The maximum Gasteiger partial charge on any atom is 0.203 e. The summed E-state index contributed by atoms with van der Waals surface area (Å²) in [5.74, 6) is 0.770. The largest absolute Gasteiger partial charge is 0.492 e. The molecule has 7 heteroatoms. The van der Waals surface area contributed by atoms with Crippen molar-refractivity contribution in [3.8, 4) is 5.75 Å². The molecule has 0 amide bonds. The number of rotatable bonds is 7. The lowest BCUT2D eigenvalue weighted by Gasteiger charge is -2.26. The number of hydrogen-bond acceptors (Lipinski definition) is 4. The minimum atomic E-state index is -0.611. The van der Waals surface area contributed by atoms with Crippen LogP contribution in [0.4, 0.5) is 0 Å². The van der Waals surface area contributed by atoms with Crippen LogP contribution in [0.3, 0.4) is 0 Å². The van der Waals surface area contributed by atoms with Crippen molar-refractivity contribution in [1.29, 1.82) is 5.41 Å². The highest BCUT2D eigenvalue weighted by atomic mass is 79.9. The van der Waals surface area contributed by atoms with Crippen LogP contribution in [-0.4, -0.2) is 28.6 Å². The van der Waals surface area contributed by atoms with Crippen LogP contribution < -0.4 is 10.4 Å². The van der Waals surface area contributed by atoms with Crippen LogP contribution in [0, 0.1) is 5.41 Å². The van der Waals surface area contributed by atoms with Gasteiger partial charge in [-0.2, -0.15) is 0 Å². The van der Waals surface area contributed by atoms with Crippen LogP contribution in [0.1, 0.15) is 54.7 Å². The molecule has 37 heavy (non-hydrogen) atoms. The molecule has 2 heterocycles. The van der Waals surface area contributed by atoms with E-state index in [1.54, 1.807) is 11.7 Å². The zero-order valence-electron chi connectivity index (χ0n) is 22.0. The van der Waals surface area contributed by atoms with Gasteiger partial charge in [0.15, 0.2) is 5.78 Å². The molecule has 1 N–H and O–H groups in total. The Kier molecular flexibility index (Phi) is 7.23. The SMILES string of the molecule is Br.COC(C)(C)c1cc(C(=O)Cn2c(=N)n(Cc3ccccc3)c3ccccc32)cc2c1OCC2(C)C. The number of nitrogens with zero attached hydrogens (tertiary/aromatic N) is 2. The lowest BCUT2D eigenvalue weighted by Crippen LogP contribution is -2.28. The van der Waals surface area contributed by atoms with E-state index in [0.29, 0.717) is 24.3 Å². The molecule has 0 aliphatic carbocycles. The highest BCUT2D eigenvalue weighted by molar-refractivity contribution is 8.93. The lowest BCUT2D eigenvalue weighted by atomic mass is 9.82. The third-order valence-electron chi connectivity index (χ3n) is 7.34. The Labute approximate surface area is 228 Å². The summed E-state index contributed by atoms with van der Waals surface area (Å²) < 4.78 is 15.6. The van der Waals surface area contributed by atoms with E-state index in [0.717, 1.165) is 33.5 Å². The number of halogens is 1. The summed E-state index contributed by atoms with van der Waals surface area (Å²) in [5, 5.41) is 8.97. The quantitative estimate of drug-likeness (QED) is 0.281. The van der Waals surface area contributed by atoms with Crippen LogP contribution >= 0.6 is 17.0 Å². The fraction of sp³-hybridized carbons (Fsp3) is 0.333. The number of Topliss-reactive ketones (excluding diaryl/α,β-unsaturated/α-hetero) is 1. The normalized spacial score (nSPS) is 14.2. The standard InChI is InChI=1S/C30H33N3O3.BrH/c1-29(2)19-36-27-22(29)15-21(16-23(27)30(3,4)35-5)26(34)18-33-25-14-10-9-13-24(25)32(28(33)31)17-20-11-7-6-8-12-20;/h6-16,31H,17-19H2,1-5H3;1H. The molecule has 0 atom stereocenters. The van der Waals surface area contributed by atoms with Gasteiger partial charge in [0, 0.05) is 29.2 Å². The molecule has 0 radical (unpaired) electrons. The van der Waals surface area contributed by atoms with E-state index in [2.05, 4.69) is 26.0 Å². The van der Waals surface area contributed by atoms with E-state index in [4.69, 9.17) is 14.9 Å². The number of fused-ring (bicyclic) bond motifs is 2. The Morgan fingerprint density at radius 1 is 1.03 bits per heavy atom. The number of methoxy groups -OCH3 is 1. The Balaban J connectivity index is 0.00000320. The highest BCUT2D eigenvalue weighted by Gasteiger charge is 2.38. The second-order valence-corrected chi connectivity index (χ2v) is 10.7. The Bertz CT molecular complexity index is 1520. The molecule has 6 nitrogen and oxygen atoms in total. The minimum absolute atomic E-state index is 0. The van der Waals surface area contributed by atoms with Crippen molar-refractivity contribution < 1.29 is 14.3 Å². The third kappa shape index (κ3) is 4.78. The van der Waals surface area contributed by atoms with Crippen molar-refractivity contribution in [2.24, 2.45) is 0 Å². The van der Waals surface area contributed by atoms with E-state index in [9.17, 15) is 4.79 Å². The second-order valence-electron chi connectivity index (χ2n) is 10.7. The van der Waals surface area contributed by atoms with Gasteiger partial charge in [-0.15, -0.1) is 17.0 Å². The highest BCUT2D eigenvalue weighted by Crippen LogP contribution is 2.45. The predicted molar refractivity (Wildman–Crippen MR) is 151 cm³/mol. The maximum atomic E-state index is 13.8. The summed E-state index contributed by atoms with van der Waals surface area (Å²) in [7, 11) is 1.67. The number of ketones is 1. The van der Waals surface area contributed by atoms with Crippen molar-refractivity contribution in [1.82, 2.24) is 9.13 Å². The van der Waals surface area contributed by atoms with E-state index in [1.165, 1.54) is 0 Å². The summed E-state index contributed by atoms with van der Waals surface area (Å²) in [6, 6.07) is 21.9. The number of benzene rings is 3. The van der Waals surface area contributed by atoms with Gasteiger partial charge in [-0.1, -0.05) is 56.3 Å². The summed E-state index contributed by atoms with van der Waals surface area (Å²) in [5.41, 5.74) is 4.91. The fourth-order valence-corrected chi connectivity index (χ4v) is 4.95. The van der Waals surface area contributed by atoms with Gasteiger partial charge in [-0.3, -0.25) is 10.2 Å². The monoisotopic (exact) mass is 563 g/mol. The first-order chi connectivity index (χ1) is 17.1. The Morgan fingerprint density at radius 3 is 2.30 bits per heavy atom. The first-order valence-corrected chi connectivity index (χ1v) is 12.3. The summed E-state index contributed by atoms with van der Waals surface area (Å²) in [6.07, 6.45) is 0. The summed E-state index contributed by atoms with van der Waals surface area (Å²) in [6.45, 7) is 9.44. The van der Waals surface area contributed by atoms with Gasteiger partial charge in [0.25, 0.3) is 0 Å². The molecule has 0 saturated heterocycles. The molecule has 0 bridgehead atoms. The number of imidazole rings is 1. The van der Waals surface area contributed by atoms with Crippen LogP contribution in [0.2, 0.25) is 0 Å². The van der Waals surface area contributed by atoms with Gasteiger partial charge in [0.1, 0.15) is 5.75 Å². The zero-order chi connectivity index (χ0) is 25.7. The van der Waals surface area contributed by atoms with Crippen molar-refractivity contribution in [2.45, 2.75) is 51.8 Å². The van der Waals surface area contributed by atoms with Gasteiger partial charge in [-0.05, 0) is 43.7 Å². The zero-order valence-corrected chi connectivity index (χ0v) is 23.7. The van der Waals surface area contributed by atoms with E-state index >= 15 is 0 Å². The van der Waals surface area contributed by atoms with Crippen molar-refractivity contribution >= 4 is 33.8 Å². The Morgan fingerprint density at radius 2 is 1.65 bits per heavy atom. The number of hydrogen-bond donors (Lipinski definition) is 1. The molecule has 5 rings (SSSR count). The molecule has 0 fully saturated rings. The first-order valence-electron chi connectivity index (χ1n) is 12.3. The molecule has 0 spiro atoms. The molecule has 1 aliphatic rings. The third-order valence-corrected chi connectivity index (χ3v) is 7.34. The number of aromatic nitrogens is 2. The molecule has 194 valence electrons. The van der Waals surface area contributed by atoms with E-state index in [-0.39, 0.29) is 34.7 Å². The minimum Gasteiger partial charge on any atom is -0.492 e. The molecule has 0 unspecified atom stereocenters. The molecule has 3 aromatic carbocycles. The first kappa shape index (κ1) is 26.9. The van der Waals surface area contributed by atoms with Crippen LogP contribution in [0.25, 0.3) is 11.0 Å². The van der Waals surface area contributed by atoms with Gasteiger partial charge in [-0.25, -0.2) is 0 Å². The number of carbonyl (C=O) groups excluding carboxylic acids is 1. The van der Waals surface area contributed by atoms with Crippen molar-refractivity contribution in [3.05, 3.63) is 94.6 Å². The molecule has 4 aromatic rings. The van der Waals surface area contributed by atoms with Gasteiger partial charge < -0.3 is 18.6 Å². The Hall–Kier alpha value is -3.16. The molecular weight excluding hydrogens is 530 g/mol. The number of carbonyl (C=O) groups is 1. The predicted octanol–water partition coefficient (Wildman–Crippen LogP) is 5.98. The summed E-state index contributed by atoms with van der Waals surface area (Å²) >= 11 is 0. The van der Waals surface area contributed by atoms with Gasteiger partial charge in [0.2, 0.25) is 5.62 Å². The lowest BCUT2D eigenvalue weighted by molar-refractivity contribution is 0.0171. The average Bonchev–Trinajstić information content (AvgIpc) is 3.32. The topological polar surface area (TPSA) is 69.2 Å². The maximum absolute atomic E-state index is 13.8. The van der Waals surface area contributed by atoms with Crippen LogP contribution in [-0.2, 0) is 28.8 Å². The van der Waals surface area contributed by atoms with E-state index < -0.39 is 5.60 Å².